The molecular weight excluding hydrogens is 166 g/mol. The summed E-state index contributed by atoms with van der Waals surface area (Å²) in [6, 6.07) is 0. The highest BCUT2D eigenvalue weighted by atomic mass is 16.3. The third-order valence-electron chi connectivity index (χ3n) is 2.27. The van der Waals surface area contributed by atoms with Crippen molar-refractivity contribution in [3.05, 3.63) is 11.6 Å². The first-order valence-electron chi connectivity index (χ1n) is 4.62. The summed E-state index contributed by atoms with van der Waals surface area (Å²) in [5, 5.41) is 12.1. The Hall–Kier alpha value is -0.830. The predicted octanol–water partition coefficient (Wildman–Crippen LogP) is 0.840. The van der Waals surface area contributed by atoms with E-state index < -0.39 is 5.54 Å². The lowest BCUT2D eigenvalue weighted by molar-refractivity contribution is -0.118. The number of amides is 1. The van der Waals surface area contributed by atoms with Crippen molar-refractivity contribution in [3.63, 3.8) is 0 Å². The number of aliphatic hydroxyl groups excluding tert-OH is 1. The van der Waals surface area contributed by atoms with Crippen LogP contribution in [0, 0.1) is 5.92 Å². The third kappa shape index (κ3) is 2.10. The second kappa shape index (κ2) is 3.50. The summed E-state index contributed by atoms with van der Waals surface area (Å²) in [4.78, 5) is 11.2. The van der Waals surface area contributed by atoms with Crippen LogP contribution >= 0.6 is 0 Å². The summed E-state index contributed by atoms with van der Waals surface area (Å²) in [6.45, 7) is 5.90. The lowest BCUT2D eigenvalue weighted by atomic mass is 9.90. The van der Waals surface area contributed by atoms with Gasteiger partial charge in [-0.2, -0.15) is 0 Å². The number of carbonyl (C=O) groups excluding carboxylic acids is 1. The Kier molecular flexibility index (Phi) is 2.76. The minimum atomic E-state index is -0.505. The normalized spacial score (nSPS) is 27.8. The molecule has 0 aromatic carbocycles. The molecule has 3 heteroatoms. The molecule has 1 rings (SSSR count). The summed E-state index contributed by atoms with van der Waals surface area (Å²) < 4.78 is 0. The molecular formula is C10H17NO2. The fourth-order valence-corrected chi connectivity index (χ4v) is 1.83. The van der Waals surface area contributed by atoms with Crippen molar-refractivity contribution < 1.29 is 9.90 Å². The molecule has 2 N–H and O–H groups in total. The maximum atomic E-state index is 11.2. The lowest BCUT2D eigenvalue weighted by Gasteiger charge is -2.27. The quantitative estimate of drug-likeness (QED) is 0.681. The molecule has 1 amide bonds. The van der Waals surface area contributed by atoms with Gasteiger partial charge in [0, 0.05) is 5.57 Å². The Labute approximate surface area is 78.8 Å². The van der Waals surface area contributed by atoms with Gasteiger partial charge >= 0.3 is 0 Å². The molecule has 0 saturated carbocycles. The van der Waals surface area contributed by atoms with Crippen molar-refractivity contribution in [2.75, 3.05) is 6.61 Å². The van der Waals surface area contributed by atoms with Gasteiger partial charge in [0.2, 0.25) is 5.91 Å². The van der Waals surface area contributed by atoms with E-state index in [9.17, 15) is 9.90 Å². The molecule has 0 aromatic heterocycles. The molecule has 0 aromatic rings. The van der Waals surface area contributed by atoms with E-state index >= 15 is 0 Å². The zero-order chi connectivity index (χ0) is 10.1. The van der Waals surface area contributed by atoms with E-state index in [4.69, 9.17) is 0 Å². The van der Waals surface area contributed by atoms with Crippen molar-refractivity contribution in [1.82, 2.24) is 5.32 Å². The fourth-order valence-electron chi connectivity index (χ4n) is 1.83. The third-order valence-corrected chi connectivity index (χ3v) is 2.27. The summed E-state index contributed by atoms with van der Waals surface area (Å²) in [7, 11) is 0. The van der Waals surface area contributed by atoms with Gasteiger partial charge in [-0.3, -0.25) is 4.79 Å². The van der Waals surface area contributed by atoms with E-state index in [1.54, 1.807) is 6.92 Å². The van der Waals surface area contributed by atoms with Crippen LogP contribution in [0.15, 0.2) is 11.6 Å². The van der Waals surface area contributed by atoms with Gasteiger partial charge in [-0.15, -0.1) is 0 Å². The summed E-state index contributed by atoms with van der Waals surface area (Å²) in [6.07, 6.45) is 2.63. The van der Waals surface area contributed by atoms with Crippen LogP contribution in [-0.4, -0.2) is 23.2 Å². The number of aliphatic hydroxyl groups is 1. The van der Waals surface area contributed by atoms with E-state index in [0.29, 0.717) is 11.5 Å². The SMILES string of the molecule is CC1=CC(CO)(CC(C)C)NC1=O. The largest absolute Gasteiger partial charge is 0.394 e. The van der Waals surface area contributed by atoms with E-state index in [0.717, 1.165) is 6.42 Å². The molecule has 3 nitrogen and oxygen atoms in total. The number of nitrogens with one attached hydrogen (secondary N) is 1. The van der Waals surface area contributed by atoms with Gasteiger partial charge in [0.15, 0.2) is 0 Å². The van der Waals surface area contributed by atoms with Crippen molar-refractivity contribution in [1.29, 1.82) is 0 Å². The molecule has 0 aliphatic carbocycles. The van der Waals surface area contributed by atoms with Gasteiger partial charge < -0.3 is 10.4 Å². The standard InChI is InChI=1S/C10H17NO2/c1-7(2)4-10(6-12)5-8(3)9(13)11-10/h5,7,12H,4,6H2,1-3H3,(H,11,13). The first kappa shape index (κ1) is 10.3. The molecule has 0 radical (unpaired) electrons. The highest BCUT2D eigenvalue weighted by Gasteiger charge is 2.35. The van der Waals surface area contributed by atoms with Crippen LogP contribution in [0.3, 0.4) is 0 Å². The molecule has 74 valence electrons. The molecule has 1 aliphatic rings. The number of hydrogen-bond donors (Lipinski definition) is 2. The Morgan fingerprint density at radius 2 is 2.23 bits per heavy atom. The first-order valence-corrected chi connectivity index (χ1v) is 4.62. The zero-order valence-electron chi connectivity index (χ0n) is 8.42. The Morgan fingerprint density at radius 3 is 2.54 bits per heavy atom. The molecule has 1 atom stereocenters. The molecule has 0 fully saturated rings. The highest BCUT2D eigenvalue weighted by Crippen LogP contribution is 2.24. The van der Waals surface area contributed by atoms with Crippen molar-refractivity contribution in [2.45, 2.75) is 32.7 Å². The van der Waals surface area contributed by atoms with Gasteiger partial charge in [0.05, 0.1) is 12.1 Å². The average Bonchev–Trinajstić information content (AvgIpc) is 2.27. The summed E-state index contributed by atoms with van der Waals surface area (Å²) >= 11 is 0. The Balaban J connectivity index is 2.79. The van der Waals surface area contributed by atoms with Gasteiger partial charge in [-0.05, 0) is 25.3 Å². The van der Waals surface area contributed by atoms with Crippen molar-refractivity contribution in [2.24, 2.45) is 5.92 Å². The smallest absolute Gasteiger partial charge is 0.247 e. The van der Waals surface area contributed by atoms with E-state index in [2.05, 4.69) is 19.2 Å². The van der Waals surface area contributed by atoms with Gasteiger partial charge in [0.1, 0.15) is 0 Å². The van der Waals surface area contributed by atoms with E-state index in [-0.39, 0.29) is 12.5 Å². The second-order valence-electron chi connectivity index (χ2n) is 4.19. The van der Waals surface area contributed by atoms with Crippen LogP contribution in [0.2, 0.25) is 0 Å². The van der Waals surface area contributed by atoms with Crippen molar-refractivity contribution >= 4 is 5.91 Å². The molecule has 0 saturated heterocycles. The predicted molar refractivity (Wildman–Crippen MR) is 51.2 cm³/mol. The van der Waals surface area contributed by atoms with Crippen LogP contribution in [0.4, 0.5) is 0 Å². The highest BCUT2D eigenvalue weighted by molar-refractivity contribution is 5.96. The minimum absolute atomic E-state index is 0.0196. The number of carbonyl (C=O) groups is 1. The van der Waals surface area contributed by atoms with Crippen molar-refractivity contribution in [3.8, 4) is 0 Å². The van der Waals surface area contributed by atoms with Gasteiger partial charge in [-0.1, -0.05) is 13.8 Å². The van der Waals surface area contributed by atoms with Gasteiger partial charge in [0.25, 0.3) is 0 Å². The Morgan fingerprint density at radius 1 is 1.62 bits per heavy atom. The zero-order valence-corrected chi connectivity index (χ0v) is 8.42. The molecule has 0 spiro atoms. The monoisotopic (exact) mass is 183 g/mol. The topological polar surface area (TPSA) is 49.3 Å². The van der Waals surface area contributed by atoms with Gasteiger partial charge in [-0.25, -0.2) is 0 Å². The Bertz CT molecular complexity index is 245. The number of hydrogen-bond acceptors (Lipinski definition) is 2. The lowest BCUT2D eigenvalue weighted by Crippen LogP contribution is -2.46. The second-order valence-corrected chi connectivity index (χ2v) is 4.19. The molecule has 0 bridgehead atoms. The molecule has 13 heavy (non-hydrogen) atoms. The maximum Gasteiger partial charge on any atom is 0.247 e. The molecule has 1 heterocycles. The first-order chi connectivity index (χ1) is 5.99. The van der Waals surface area contributed by atoms with Crippen LogP contribution in [0.25, 0.3) is 0 Å². The van der Waals surface area contributed by atoms with Crippen LogP contribution in [-0.2, 0) is 4.79 Å². The van der Waals surface area contributed by atoms with E-state index in [1.807, 2.05) is 6.08 Å². The maximum absolute atomic E-state index is 11.2. The fraction of sp³-hybridized carbons (Fsp3) is 0.700. The molecule has 1 unspecified atom stereocenters. The van der Waals surface area contributed by atoms with Crippen LogP contribution in [0.1, 0.15) is 27.2 Å². The molecule has 1 aliphatic heterocycles. The summed E-state index contributed by atoms with van der Waals surface area (Å²) in [5.41, 5.74) is 0.199. The van der Waals surface area contributed by atoms with E-state index in [1.165, 1.54) is 0 Å². The van der Waals surface area contributed by atoms with Crippen LogP contribution in [0.5, 0.6) is 0 Å². The summed E-state index contributed by atoms with van der Waals surface area (Å²) in [5.74, 6) is 0.393. The minimum Gasteiger partial charge on any atom is -0.394 e. The van der Waals surface area contributed by atoms with Crippen LogP contribution < -0.4 is 5.32 Å². The average molecular weight is 183 g/mol. The number of rotatable bonds is 3.